The van der Waals surface area contributed by atoms with E-state index in [9.17, 15) is 0 Å². The van der Waals surface area contributed by atoms with Gasteiger partial charge >= 0.3 is 0 Å². The molecule has 2 nitrogen and oxygen atoms in total. The van der Waals surface area contributed by atoms with Crippen molar-refractivity contribution in [1.82, 2.24) is 9.97 Å². The number of hydrogen-bond donors (Lipinski definition) is 0. The maximum Gasteiger partial charge on any atom is 0.0166 e. The molecule has 0 amide bonds. The Balaban J connectivity index is 0.00000450. The monoisotopic (exact) mass is 879 g/mol. The van der Waals surface area contributed by atoms with Crippen molar-refractivity contribution < 1.29 is 20.1 Å². The molecule has 0 atom stereocenters. The van der Waals surface area contributed by atoms with Crippen LogP contribution in [0.3, 0.4) is 0 Å². The van der Waals surface area contributed by atoms with E-state index in [1.807, 2.05) is 30.6 Å². The number of benzene rings is 5. The summed E-state index contributed by atoms with van der Waals surface area (Å²) in [5, 5.41) is 0. The van der Waals surface area contributed by atoms with Gasteiger partial charge in [-0.15, -0.1) is 65.2 Å². The standard InChI is InChI=1S/C51H46N2.Ir/c1-3-51(29-8-4-9-30-51)46-26-24-40(25-27-46)44-28-32-53-50(36-44)43-22-20-41(21-23-43)47-11-5-6-12-48(47)45-34-37(2)33-39(35-45)15-14-38-16-18-42(19-17-38)49-13-7-10-31-52-49;/h5-7,10-13,16-18,20-22,24-28,31-36H,3-4,8-9,14-15,29-30H2,1-2H3;/q-2;. The van der Waals surface area contributed by atoms with Crippen molar-refractivity contribution in [2.45, 2.75) is 70.6 Å². The van der Waals surface area contributed by atoms with Crippen molar-refractivity contribution in [3.05, 3.63) is 180 Å². The largest absolute Gasteiger partial charge is 0.305 e. The Hall–Kier alpha value is -4.95. The van der Waals surface area contributed by atoms with Crippen LogP contribution >= 0.6 is 0 Å². The number of pyridine rings is 2. The van der Waals surface area contributed by atoms with Crippen LogP contribution in [0.5, 0.6) is 0 Å². The van der Waals surface area contributed by atoms with Crippen LogP contribution < -0.4 is 0 Å². The van der Waals surface area contributed by atoms with Crippen LogP contribution in [-0.2, 0) is 38.4 Å². The fourth-order valence-electron chi connectivity index (χ4n) is 8.33. The van der Waals surface area contributed by atoms with E-state index in [-0.39, 0.29) is 20.1 Å². The van der Waals surface area contributed by atoms with Gasteiger partial charge in [0.25, 0.3) is 0 Å². The van der Waals surface area contributed by atoms with Crippen LogP contribution in [0.1, 0.15) is 67.7 Å². The molecule has 0 aliphatic heterocycles. The molecule has 0 spiro atoms. The Kier molecular flexibility index (Phi) is 11.8. The fourth-order valence-corrected chi connectivity index (χ4v) is 8.33. The van der Waals surface area contributed by atoms with E-state index in [4.69, 9.17) is 4.98 Å². The minimum atomic E-state index is 0. The molecule has 0 unspecified atom stereocenters. The van der Waals surface area contributed by atoms with Crippen molar-refractivity contribution in [1.29, 1.82) is 0 Å². The van der Waals surface area contributed by atoms with Crippen molar-refractivity contribution in [3.63, 3.8) is 0 Å². The Morgan fingerprint density at radius 1 is 0.556 bits per heavy atom. The Morgan fingerprint density at radius 2 is 1.24 bits per heavy atom. The van der Waals surface area contributed by atoms with Gasteiger partial charge in [0.1, 0.15) is 0 Å². The van der Waals surface area contributed by atoms with Crippen LogP contribution in [-0.4, -0.2) is 9.97 Å². The number of rotatable bonds is 10. The fraction of sp³-hybridized carbons (Fsp3) is 0.216. The van der Waals surface area contributed by atoms with Gasteiger partial charge in [0, 0.05) is 32.5 Å². The Bertz CT molecular complexity index is 2290. The van der Waals surface area contributed by atoms with E-state index in [0.29, 0.717) is 5.41 Å². The maximum absolute atomic E-state index is 4.76. The van der Waals surface area contributed by atoms with Crippen LogP contribution in [0.25, 0.3) is 55.9 Å². The molecule has 1 aliphatic rings. The summed E-state index contributed by atoms with van der Waals surface area (Å²) in [5.41, 5.74) is 16.9. The molecule has 3 heteroatoms. The first kappa shape index (κ1) is 37.4. The molecule has 2 heterocycles. The van der Waals surface area contributed by atoms with Gasteiger partial charge in [0.15, 0.2) is 0 Å². The molecule has 1 aliphatic carbocycles. The van der Waals surface area contributed by atoms with Gasteiger partial charge in [-0.3, -0.25) is 0 Å². The first-order chi connectivity index (χ1) is 26.1. The molecule has 271 valence electrons. The molecule has 1 saturated carbocycles. The first-order valence-electron chi connectivity index (χ1n) is 19.3. The molecule has 0 saturated heterocycles. The number of aryl methyl sites for hydroxylation is 3. The van der Waals surface area contributed by atoms with Crippen molar-refractivity contribution in [2.24, 2.45) is 0 Å². The normalized spacial score (nSPS) is 13.6. The summed E-state index contributed by atoms with van der Waals surface area (Å²) in [6, 6.07) is 55.3. The summed E-state index contributed by atoms with van der Waals surface area (Å²) in [7, 11) is 0. The molecule has 7 aromatic rings. The quantitative estimate of drug-likeness (QED) is 0.128. The third kappa shape index (κ3) is 8.24. The second kappa shape index (κ2) is 17.0. The zero-order chi connectivity index (χ0) is 36.0. The Morgan fingerprint density at radius 3 is 1.94 bits per heavy atom. The van der Waals surface area contributed by atoms with Crippen molar-refractivity contribution in [3.8, 4) is 55.9 Å². The second-order valence-corrected chi connectivity index (χ2v) is 14.8. The summed E-state index contributed by atoms with van der Waals surface area (Å²) in [5.74, 6) is 0. The molecule has 54 heavy (non-hydrogen) atoms. The van der Waals surface area contributed by atoms with Crippen molar-refractivity contribution >= 4 is 0 Å². The maximum atomic E-state index is 4.76. The smallest absolute Gasteiger partial charge is 0.0166 e. The topological polar surface area (TPSA) is 25.8 Å². The van der Waals surface area contributed by atoms with Gasteiger partial charge in [-0.25, -0.2) is 0 Å². The predicted molar refractivity (Wildman–Crippen MR) is 221 cm³/mol. The molecule has 8 rings (SSSR count). The zero-order valence-corrected chi connectivity index (χ0v) is 33.6. The molecular weight excluding hydrogens is 833 g/mol. The van der Waals surface area contributed by atoms with Gasteiger partial charge in [-0.05, 0) is 94.9 Å². The van der Waals surface area contributed by atoms with Gasteiger partial charge in [0.2, 0.25) is 0 Å². The SMILES string of the molecule is CCC1(c2ccc(-c3ccnc(-c4[c-]cc(-c5ccccc5-c5cc(C)cc(CCc6c[c-]c(-c7ccccn7)cc6)c5)cc4)c3)cc2)CCCCC1.[Ir]. The third-order valence-corrected chi connectivity index (χ3v) is 11.4. The number of hydrogen-bond acceptors (Lipinski definition) is 2. The van der Waals surface area contributed by atoms with Gasteiger partial charge in [-0.1, -0.05) is 134 Å². The summed E-state index contributed by atoms with van der Waals surface area (Å²) >= 11 is 0. The van der Waals surface area contributed by atoms with E-state index in [2.05, 4.69) is 146 Å². The van der Waals surface area contributed by atoms with E-state index in [1.165, 1.54) is 88.6 Å². The van der Waals surface area contributed by atoms with Crippen LogP contribution in [0.15, 0.2) is 146 Å². The molecular formula is C51H46IrN2-2. The first-order valence-corrected chi connectivity index (χ1v) is 19.3. The summed E-state index contributed by atoms with van der Waals surface area (Å²) in [6.07, 6.45) is 13.6. The van der Waals surface area contributed by atoms with Gasteiger partial charge in [-0.2, -0.15) is 0 Å². The Labute approximate surface area is 335 Å². The molecule has 0 N–H and O–H groups in total. The number of nitrogens with zero attached hydrogens (tertiary/aromatic N) is 2. The summed E-state index contributed by atoms with van der Waals surface area (Å²) < 4.78 is 0. The van der Waals surface area contributed by atoms with Gasteiger partial charge in [0.05, 0.1) is 0 Å². The summed E-state index contributed by atoms with van der Waals surface area (Å²) in [4.78, 5) is 9.22. The minimum Gasteiger partial charge on any atom is -0.305 e. The number of aromatic nitrogens is 2. The predicted octanol–water partition coefficient (Wildman–Crippen LogP) is 13.1. The van der Waals surface area contributed by atoms with E-state index >= 15 is 0 Å². The van der Waals surface area contributed by atoms with Crippen LogP contribution in [0, 0.1) is 19.1 Å². The average Bonchev–Trinajstić information content (AvgIpc) is 3.23. The minimum absolute atomic E-state index is 0. The molecule has 1 fully saturated rings. The molecule has 5 aromatic carbocycles. The third-order valence-electron chi connectivity index (χ3n) is 11.4. The molecule has 1 radical (unpaired) electrons. The summed E-state index contributed by atoms with van der Waals surface area (Å²) in [6.45, 7) is 4.56. The van der Waals surface area contributed by atoms with E-state index < -0.39 is 0 Å². The van der Waals surface area contributed by atoms with Gasteiger partial charge < -0.3 is 9.97 Å². The van der Waals surface area contributed by atoms with E-state index in [0.717, 1.165) is 40.9 Å². The molecule has 0 bridgehead atoms. The zero-order valence-electron chi connectivity index (χ0n) is 31.2. The average molecular weight is 879 g/mol. The van der Waals surface area contributed by atoms with Crippen LogP contribution in [0.2, 0.25) is 0 Å². The van der Waals surface area contributed by atoms with Crippen LogP contribution in [0.4, 0.5) is 0 Å². The van der Waals surface area contributed by atoms with Crippen molar-refractivity contribution in [2.75, 3.05) is 0 Å². The van der Waals surface area contributed by atoms with E-state index in [1.54, 1.807) is 0 Å². The second-order valence-electron chi connectivity index (χ2n) is 14.8. The molecule has 2 aromatic heterocycles.